The van der Waals surface area contributed by atoms with Gasteiger partial charge in [0.2, 0.25) is 0 Å². The predicted molar refractivity (Wildman–Crippen MR) is 76.9 cm³/mol. The van der Waals surface area contributed by atoms with Gasteiger partial charge in [-0.3, -0.25) is 4.90 Å². The lowest BCUT2D eigenvalue weighted by molar-refractivity contribution is -0.109. The number of piperidine rings is 1. The topological polar surface area (TPSA) is 12.5 Å². The van der Waals surface area contributed by atoms with Crippen LogP contribution in [0.3, 0.4) is 0 Å². The summed E-state index contributed by atoms with van der Waals surface area (Å²) >= 11 is 0. The Bertz CT molecular complexity index is 291. The van der Waals surface area contributed by atoms with E-state index in [1.54, 1.807) is 0 Å². The summed E-state index contributed by atoms with van der Waals surface area (Å²) in [6.07, 6.45) is 4.97. The number of hydrogen-bond donors (Lipinski definition) is 0. The highest BCUT2D eigenvalue weighted by Crippen LogP contribution is 2.45. The first kappa shape index (κ1) is 14.3. The van der Waals surface area contributed by atoms with E-state index in [0.717, 1.165) is 6.61 Å². The van der Waals surface area contributed by atoms with E-state index in [2.05, 4.69) is 46.4 Å². The molecule has 0 amide bonds. The fourth-order valence-corrected chi connectivity index (χ4v) is 3.73. The molecule has 2 saturated heterocycles. The number of nitrogens with zero attached hydrogens (tertiary/aromatic N) is 1. The summed E-state index contributed by atoms with van der Waals surface area (Å²) in [5.41, 5.74) is 0.796. The van der Waals surface area contributed by atoms with Crippen molar-refractivity contribution in [3.8, 4) is 0 Å². The molecule has 0 aromatic rings. The maximum absolute atomic E-state index is 6.14. The third-order valence-electron chi connectivity index (χ3n) is 4.80. The molecule has 0 bridgehead atoms. The molecule has 1 spiro atoms. The van der Waals surface area contributed by atoms with Crippen LogP contribution < -0.4 is 0 Å². The van der Waals surface area contributed by atoms with E-state index >= 15 is 0 Å². The summed E-state index contributed by atoms with van der Waals surface area (Å²) in [7, 11) is 0. The van der Waals surface area contributed by atoms with Gasteiger partial charge in [-0.2, -0.15) is 0 Å². The Morgan fingerprint density at radius 3 is 2.17 bits per heavy atom. The van der Waals surface area contributed by atoms with Crippen LogP contribution in [0.15, 0.2) is 0 Å². The Hall–Kier alpha value is -0.0800. The fourth-order valence-electron chi connectivity index (χ4n) is 3.73. The van der Waals surface area contributed by atoms with Gasteiger partial charge in [-0.25, -0.2) is 0 Å². The average Bonchev–Trinajstić information content (AvgIpc) is 2.63. The van der Waals surface area contributed by atoms with Gasteiger partial charge in [0.15, 0.2) is 0 Å². The van der Waals surface area contributed by atoms with Crippen LogP contribution in [0.5, 0.6) is 0 Å². The summed E-state index contributed by atoms with van der Waals surface area (Å²) in [6.45, 7) is 16.3. The second-order valence-corrected chi connectivity index (χ2v) is 8.34. The molecule has 0 radical (unpaired) electrons. The normalized spacial score (nSPS) is 35.3. The standard InChI is InChI=1S/C16H31NO/c1-14(2,3)13-12-16(8-7-11-18-16)9-10-17(13)15(4,5)6/h13H,7-12H2,1-6H3. The van der Waals surface area contributed by atoms with Crippen LogP contribution >= 0.6 is 0 Å². The Morgan fingerprint density at radius 1 is 1.06 bits per heavy atom. The van der Waals surface area contributed by atoms with E-state index < -0.39 is 0 Å². The van der Waals surface area contributed by atoms with Crippen LogP contribution in [0.2, 0.25) is 0 Å². The fraction of sp³-hybridized carbons (Fsp3) is 1.00. The van der Waals surface area contributed by atoms with Crippen molar-refractivity contribution in [3.63, 3.8) is 0 Å². The summed E-state index contributed by atoms with van der Waals surface area (Å²) in [5.74, 6) is 0. The van der Waals surface area contributed by atoms with Crippen molar-refractivity contribution in [1.82, 2.24) is 4.90 Å². The summed E-state index contributed by atoms with van der Waals surface area (Å²) in [4.78, 5) is 2.71. The molecule has 2 heterocycles. The number of likely N-dealkylation sites (tertiary alicyclic amines) is 1. The summed E-state index contributed by atoms with van der Waals surface area (Å²) in [6, 6.07) is 0.629. The molecule has 18 heavy (non-hydrogen) atoms. The highest BCUT2D eigenvalue weighted by molar-refractivity contribution is 5.02. The maximum atomic E-state index is 6.14. The van der Waals surface area contributed by atoms with E-state index in [4.69, 9.17) is 4.74 Å². The zero-order valence-corrected chi connectivity index (χ0v) is 13.2. The predicted octanol–water partition coefficient (Wildman–Crippen LogP) is 3.84. The monoisotopic (exact) mass is 253 g/mol. The Morgan fingerprint density at radius 2 is 1.72 bits per heavy atom. The minimum Gasteiger partial charge on any atom is -0.375 e. The molecule has 2 heteroatoms. The molecule has 0 saturated carbocycles. The van der Waals surface area contributed by atoms with Crippen LogP contribution in [0.25, 0.3) is 0 Å². The molecule has 0 aromatic heterocycles. The SMILES string of the molecule is CC(C)(C)C1CC2(CCCO2)CCN1C(C)(C)C. The molecule has 0 N–H and O–H groups in total. The molecule has 0 aliphatic carbocycles. The minimum absolute atomic E-state index is 0.208. The van der Waals surface area contributed by atoms with E-state index in [0.29, 0.717) is 11.5 Å². The lowest BCUT2D eigenvalue weighted by Crippen LogP contribution is -2.60. The van der Waals surface area contributed by atoms with Gasteiger partial charge in [0.05, 0.1) is 5.60 Å². The molecule has 2 aliphatic heterocycles. The summed E-state index contributed by atoms with van der Waals surface area (Å²) in [5, 5.41) is 0. The van der Waals surface area contributed by atoms with Crippen LogP contribution in [0.1, 0.15) is 67.2 Å². The zero-order chi connectivity index (χ0) is 13.6. The van der Waals surface area contributed by atoms with E-state index in [1.165, 1.54) is 32.2 Å². The van der Waals surface area contributed by atoms with Gasteiger partial charge in [-0.15, -0.1) is 0 Å². The van der Waals surface area contributed by atoms with E-state index in [9.17, 15) is 0 Å². The van der Waals surface area contributed by atoms with Crippen molar-refractivity contribution in [2.24, 2.45) is 5.41 Å². The lowest BCUT2D eigenvalue weighted by Gasteiger charge is -2.54. The molecule has 2 atom stereocenters. The van der Waals surface area contributed by atoms with Crippen LogP contribution in [0, 0.1) is 5.41 Å². The molecule has 2 aliphatic rings. The molecule has 0 aromatic carbocycles. The van der Waals surface area contributed by atoms with Gasteiger partial charge in [-0.1, -0.05) is 20.8 Å². The van der Waals surface area contributed by atoms with Crippen molar-refractivity contribution >= 4 is 0 Å². The lowest BCUT2D eigenvalue weighted by atomic mass is 9.72. The van der Waals surface area contributed by atoms with Crippen LogP contribution in [-0.2, 0) is 4.74 Å². The Balaban J connectivity index is 2.21. The molecule has 2 fully saturated rings. The largest absolute Gasteiger partial charge is 0.375 e. The Kier molecular flexibility index (Phi) is 3.57. The third-order valence-corrected chi connectivity index (χ3v) is 4.80. The molecular formula is C16H31NO. The summed E-state index contributed by atoms with van der Waals surface area (Å²) < 4.78 is 6.14. The second kappa shape index (κ2) is 4.49. The first-order valence-electron chi connectivity index (χ1n) is 7.55. The number of hydrogen-bond acceptors (Lipinski definition) is 2. The number of rotatable bonds is 0. The number of ether oxygens (including phenoxy) is 1. The molecule has 2 unspecified atom stereocenters. The van der Waals surface area contributed by atoms with Gasteiger partial charge in [0.25, 0.3) is 0 Å². The quantitative estimate of drug-likeness (QED) is 0.650. The molecule has 2 nitrogen and oxygen atoms in total. The van der Waals surface area contributed by atoms with Crippen LogP contribution in [0.4, 0.5) is 0 Å². The van der Waals surface area contributed by atoms with E-state index in [1.807, 2.05) is 0 Å². The van der Waals surface area contributed by atoms with Gasteiger partial charge in [0.1, 0.15) is 0 Å². The zero-order valence-electron chi connectivity index (χ0n) is 13.2. The van der Waals surface area contributed by atoms with Crippen molar-refractivity contribution in [2.45, 2.75) is 84.4 Å². The van der Waals surface area contributed by atoms with Crippen LogP contribution in [-0.4, -0.2) is 35.2 Å². The molecule has 2 rings (SSSR count). The first-order valence-corrected chi connectivity index (χ1v) is 7.55. The minimum atomic E-state index is 0.208. The molecular weight excluding hydrogens is 222 g/mol. The van der Waals surface area contributed by atoms with Crippen molar-refractivity contribution < 1.29 is 4.74 Å². The second-order valence-electron chi connectivity index (χ2n) is 8.34. The first-order chi connectivity index (χ1) is 8.14. The van der Waals surface area contributed by atoms with Gasteiger partial charge in [-0.05, 0) is 51.9 Å². The highest BCUT2D eigenvalue weighted by Gasteiger charge is 2.48. The van der Waals surface area contributed by atoms with Gasteiger partial charge in [0, 0.05) is 24.7 Å². The van der Waals surface area contributed by atoms with Crippen molar-refractivity contribution in [2.75, 3.05) is 13.2 Å². The average molecular weight is 253 g/mol. The Labute approximate surface area is 113 Å². The molecule has 106 valence electrons. The maximum Gasteiger partial charge on any atom is 0.0710 e. The smallest absolute Gasteiger partial charge is 0.0710 e. The highest BCUT2D eigenvalue weighted by atomic mass is 16.5. The van der Waals surface area contributed by atoms with Gasteiger partial charge >= 0.3 is 0 Å². The van der Waals surface area contributed by atoms with Crippen molar-refractivity contribution in [3.05, 3.63) is 0 Å². The third kappa shape index (κ3) is 2.75. The van der Waals surface area contributed by atoms with E-state index in [-0.39, 0.29) is 11.1 Å². The van der Waals surface area contributed by atoms with Crippen molar-refractivity contribution in [1.29, 1.82) is 0 Å². The van der Waals surface area contributed by atoms with Gasteiger partial charge < -0.3 is 4.74 Å².